The van der Waals surface area contributed by atoms with Gasteiger partial charge in [0.1, 0.15) is 10.1 Å². The molecule has 0 bridgehead atoms. The maximum absolute atomic E-state index is 12.8. The maximum Gasteiger partial charge on any atom is 0.266 e. The second-order valence-corrected chi connectivity index (χ2v) is 9.76. The number of thiocarbonyl (C=S) groups is 1. The van der Waals surface area contributed by atoms with Crippen LogP contribution in [0.15, 0.2) is 65.7 Å². The largest absolute Gasteiger partial charge is 0.548 e. The van der Waals surface area contributed by atoms with Gasteiger partial charge in [0.05, 0.1) is 35.4 Å². The van der Waals surface area contributed by atoms with Crippen LogP contribution in [0.1, 0.15) is 19.4 Å². The molecule has 1 fully saturated rings. The Bertz CT molecular complexity index is 1250. The minimum Gasteiger partial charge on any atom is -0.548 e. The van der Waals surface area contributed by atoms with Crippen LogP contribution in [0.3, 0.4) is 0 Å². The maximum atomic E-state index is 12.8. The Morgan fingerprint density at radius 1 is 1.18 bits per heavy atom. The lowest BCUT2D eigenvalue weighted by molar-refractivity contribution is -0.305. The summed E-state index contributed by atoms with van der Waals surface area (Å²) in [6.07, 6.45) is 3.53. The summed E-state index contributed by atoms with van der Waals surface area (Å²) in [6, 6.07) is 17.3. The van der Waals surface area contributed by atoms with E-state index < -0.39 is 18.4 Å². The Morgan fingerprint density at radius 2 is 1.88 bits per heavy atom. The normalized spacial score (nSPS) is 14.9. The van der Waals surface area contributed by atoms with Gasteiger partial charge in [0.25, 0.3) is 5.91 Å². The van der Waals surface area contributed by atoms with Crippen molar-refractivity contribution in [1.29, 1.82) is 0 Å². The predicted octanol–water partition coefficient (Wildman–Crippen LogP) is 3.53. The number of rotatable bonds is 8. The summed E-state index contributed by atoms with van der Waals surface area (Å²) in [5.74, 6) is -0.641. The molecule has 0 saturated carbocycles. The van der Waals surface area contributed by atoms with Crippen molar-refractivity contribution in [1.82, 2.24) is 14.7 Å². The number of benzene rings is 2. The van der Waals surface area contributed by atoms with Crippen LogP contribution in [0.4, 0.5) is 0 Å². The fraction of sp³-hybridized carbons (Fsp3) is 0.200. The lowest BCUT2D eigenvalue weighted by Crippen LogP contribution is -2.40. The van der Waals surface area contributed by atoms with Gasteiger partial charge in [0.2, 0.25) is 0 Å². The highest BCUT2D eigenvalue weighted by molar-refractivity contribution is 8.26. The van der Waals surface area contributed by atoms with E-state index in [9.17, 15) is 14.7 Å². The molecule has 0 unspecified atom stereocenters. The summed E-state index contributed by atoms with van der Waals surface area (Å²) in [6.45, 7) is 4.23. The Kier molecular flexibility index (Phi) is 7.14. The molecule has 0 spiro atoms. The first kappa shape index (κ1) is 23.7. The lowest BCUT2D eigenvalue weighted by Gasteiger charge is -2.14. The highest BCUT2D eigenvalue weighted by Gasteiger charge is 2.32. The number of aliphatic carboxylic acids is 1. The highest BCUT2D eigenvalue weighted by atomic mass is 32.2. The molecule has 1 amide bonds. The first-order valence-corrected chi connectivity index (χ1v) is 11.9. The van der Waals surface area contributed by atoms with Crippen molar-refractivity contribution in [3.8, 4) is 22.7 Å². The van der Waals surface area contributed by atoms with E-state index in [0.717, 1.165) is 33.7 Å². The summed E-state index contributed by atoms with van der Waals surface area (Å²) in [4.78, 5) is 25.1. The summed E-state index contributed by atoms with van der Waals surface area (Å²) < 4.78 is 7.71. The summed E-state index contributed by atoms with van der Waals surface area (Å²) >= 11 is 6.26. The zero-order valence-corrected chi connectivity index (χ0v) is 20.3. The zero-order chi connectivity index (χ0) is 24.2. The number of carboxylic acid groups (broad SMARTS) is 1. The van der Waals surface area contributed by atoms with E-state index in [1.165, 1.54) is 0 Å². The molecule has 2 aromatic carbocycles. The van der Waals surface area contributed by atoms with Crippen molar-refractivity contribution in [3.05, 3.63) is 71.3 Å². The predicted molar refractivity (Wildman–Crippen MR) is 134 cm³/mol. The number of hydrogen-bond acceptors (Lipinski definition) is 7. The molecule has 1 aromatic heterocycles. The quantitative estimate of drug-likeness (QED) is 0.351. The number of para-hydroxylation sites is 1. The highest BCUT2D eigenvalue weighted by Crippen LogP contribution is 2.35. The van der Waals surface area contributed by atoms with Crippen LogP contribution in [0.25, 0.3) is 23.0 Å². The number of amides is 1. The van der Waals surface area contributed by atoms with Crippen molar-refractivity contribution >= 4 is 46.3 Å². The van der Waals surface area contributed by atoms with Crippen LogP contribution in [-0.4, -0.2) is 44.0 Å². The molecule has 0 N–H and O–H groups in total. The van der Waals surface area contributed by atoms with Gasteiger partial charge < -0.3 is 14.6 Å². The lowest BCUT2D eigenvalue weighted by atomic mass is 10.1. The summed E-state index contributed by atoms with van der Waals surface area (Å²) in [7, 11) is 0. The molecule has 0 atom stereocenters. The minimum absolute atomic E-state index is 0.184. The van der Waals surface area contributed by atoms with E-state index >= 15 is 0 Å². The number of hydrogen-bond donors (Lipinski definition) is 0. The molecule has 1 saturated heterocycles. The van der Waals surface area contributed by atoms with Gasteiger partial charge in [-0.15, -0.1) is 0 Å². The number of carbonyl (C=O) groups excluding carboxylic acids is 2. The van der Waals surface area contributed by atoms with Gasteiger partial charge in [-0.1, -0.05) is 56.0 Å². The fourth-order valence-electron chi connectivity index (χ4n) is 3.31. The summed E-state index contributed by atoms with van der Waals surface area (Å²) in [5.41, 5.74) is 3.09. The minimum atomic E-state index is -1.37. The number of carboxylic acids is 1. The first-order valence-electron chi connectivity index (χ1n) is 10.7. The number of ether oxygens (including phenoxy) is 1. The second kappa shape index (κ2) is 10.2. The van der Waals surface area contributed by atoms with Crippen molar-refractivity contribution < 1.29 is 19.4 Å². The van der Waals surface area contributed by atoms with Gasteiger partial charge in [0, 0.05) is 17.3 Å². The second-order valence-electron chi connectivity index (χ2n) is 8.08. The molecule has 9 heteroatoms. The van der Waals surface area contributed by atoms with E-state index in [1.54, 1.807) is 10.8 Å². The molecule has 7 nitrogen and oxygen atoms in total. The van der Waals surface area contributed by atoms with E-state index in [2.05, 4.69) is 13.8 Å². The van der Waals surface area contributed by atoms with E-state index in [1.807, 2.05) is 60.8 Å². The monoisotopic (exact) mass is 492 g/mol. The number of aromatic nitrogens is 2. The molecule has 1 aliphatic heterocycles. The summed E-state index contributed by atoms with van der Waals surface area (Å²) in [5, 5.41) is 15.8. The average molecular weight is 493 g/mol. The molecular formula is C25H22N3O4S2-. The van der Waals surface area contributed by atoms with Crippen LogP contribution in [0.2, 0.25) is 0 Å². The van der Waals surface area contributed by atoms with Gasteiger partial charge in [-0.3, -0.25) is 9.69 Å². The Balaban J connectivity index is 1.71. The molecule has 0 aliphatic carbocycles. The number of thioether (sulfide) groups is 1. The molecule has 3 aromatic rings. The molecule has 2 heterocycles. The molecule has 4 rings (SSSR count). The van der Waals surface area contributed by atoms with Gasteiger partial charge in [-0.05, 0) is 48.4 Å². The average Bonchev–Trinajstić information content (AvgIpc) is 3.35. The Morgan fingerprint density at radius 3 is 2.53 bits per heavy atom. The molecule has 34 heavy (non-hydrogen) atoms. The van der Waals surface area contributed by atoms with E-state index in [0.29, 0.717) is 28.7 Å². The SMILES string of the molecule is CC(C)COc1ccc(-c2nn(-c3ccccc3)cc2/C=C2/SC(=S)N(CC(=O)[O-])C2=O)cc1. The molecule has 0 radical (unpaired) electrons. The smallest absolute Gasteiger partial charge is 0.266 e. The van der Waals surface area contributed by atoms with Crippen molar-refractivity contribution in [2.75, 3.05) is 13.2 Å². The zero-order valence-electron chi connectivity index (χ0n) is 18.6. The standard InChI is InChI=1S/C25H23N3O4S2/c1-16(2)15-32-20-10-8-17(9-11-20)23-18(13-28(26-23)19-6-4-3-5-7-19)12-21-24(31)27(14-22(29)30)25(33)34-21/h3-13,16H,14-15H2,1-2H3,(H,29,30)/p-1/b21-12+. The van der Waals surface area contributed by atoms with Crippen molar-refractivity contribution in [2.45, 2.75) is 13.8 Å². The van der Waals surface area contributed by atoms with E-state index in [4.69, 9.17) is 22.1 Å². The van der Waals surface area contributed by atoms with Crippen molar-refractivity contribution in [2.24, 2.45) is 5.92 Å². The topological polar surface area (TPSA) is 87.5 Å². The van der Waals surface area contributed by atoms with Crippen LogP contribution >= 0.6 is 24.0 Å². The van der Waals surface area contributed by atoms with Crippen molar-refractivity contribution in [3.63, 3.8) is 0 Å². The third-order valence-corrected chi connectivity index (χ3v) is 6.30. The number of nitrogens with zero attached hydrogens (tertiary/aromatic N) is 3. The van der Waals surface area contributed by atoms with Gasteiger partial charge >= 0.3 is 0 Å². The van der Waals surface area contributed by atoms with Crippen LogP contribution in [0.5, 0.6) is 5.75 Å². The van der Waals surface area contributed by atoms with Gasteiger partial charge in [-0.25, -0.2) is 4.68 Å². The van der Waals surface area contributed by atoms with Gasteiger partial charge in [-0.2, -0.15) is 5.10 Å². The molecule has 1 aliphatic rings. The van der Waals surface area contributed by atoms with Gasteiger partial charge in [0.15, 0.2) is 0 Å². The Hall–Kier alpha value is -3.43. The molecule has 174 valence electrons. The van der Waals surface area contributed by atoms with Crippen LogP contribution < -0.4 is 9.84 Å². The Labute approximate surface area is 207 Å². The molecular weight excluding hydrogens is 470 g/mol. The number of carbonyl (C=O) groups is 2. The third kappa shape index (κ3) is 5.37. The third-order valence-electron chi connectivity index (χ3n) is 4.92. The first-order chi connectivity index (χ1) is 16.3. The van der Waals surface area contributed by atoms with Crippen LogP contribution in [0, 0.1) is 5.92 Å². The van der Waals surface area contributed by atoms with Crippen LogP contribution in [-0.2, 0) is 9.59 Å². The van der Waals surface area contributed by atoms with E-state index in [-0.39, 0.29) is 4.32 Å². The fourth-order valence-corrected chi connectivity index (χ4v) is 4.55.